The number of nitrogens with two attached hydrogens (primary N) is 1. The van der Waals surface area contributed by atoms with E-state index < -0.39 is 0 Å². The zero-order valence-corrected chi connectivity index (χ0v) is 9.46. The van der Waals surface area contributed by atoms with Gasteiger partial charge in [-0.15, -0.1) is 0 Å². The number of rotatable bonds is 5. The number of hydrogen-bond acceptors (Lipinski definition) is 3. The van der Waals surface area contributed by atoms with E-state index in [-0.39, 0.29) is 18.2 Å². The van der Waals surface area contributed by atoms with E-state index in [1.54, 1.807) is 13.8 Å². The second kappa shape index (κ2) is 5.29. The Labute approximate surface area is 93.6 Å². The molecule has 0 spiro atoms. The van der Waals surface area contributed by atoms with E-state index in [0.29, 0.717) is 24.2 Å². The van der Waals surface area contributed by atoms with E-state index in [4.69, 9.17) is 5.73 Å². The van der Waals surface area contributed by atoms with Crippen molar-refractivity contribution in [1.29, 1.82) is 0 Å². The second-order valence-electron chi connectivity index (χ2n) is 3.63. The summed E-state index contributed by atoms with van der Waals surface area (Å²) in [6.45, 7) is 3.99. The number of H-pyrrole nitrogens is 1. The number of nitrogens with one attached hydrogen (secondary N) is 2. The van der Waals surface area contributed by atoms with Gasteiger partial charge in [-0.25, -0.2) is 0 Å². The normalized spacial score (nSPS) is 10.1. The predicted octanol–water partition coefficient (Wildman–Crippen LogP) is 0.0218. The molecule has 0 aliphatic rings. The van der Waals surface area contributed by atoms with Gasteiger partial charge in [-0.3, -0.25) is 14.7 Å². The van der Waals surface area contributed by atoms with Crippen LogP contribution in [0.2, 0.25) is 0 Å². The summed E-state index contributed by atoms with van der Waals surface area (Å²) in [7, 11) is 0. The fourth-order valence-electron chi connectivity index (χ4n) is 1.44. The molecule has 4 N–H and O–H groups in total. The average molecular weight is 224 g/mol. The van der Waals surface area contributed by atoms with E-state index in [1.807, 2.05) is 0 Å². The van der Waals surface area contributed by atoms with Crippen LogP contribution in [0.25, 0.3) is 0 Å². The minimum absolute atomic E-state index is 0.173. The van der Waals surface area contributed by atoms with Gasteiger partial charge in [-0.1, -0.05) is 0 Å². The molecule has 0 radical (unpaired) electrons. The van der Waals surface area contributed by atoms with Crippen LogP contribution in [-0.4, -0.2) is 28.6 Å². The van der Waals surface area contributed by atoms with Gasteiger partial charge in [0.15, 0.2) is 0 Å². The van der Waals surface area contributed by atoms with Crippen LogP contribution in [0.4, 0.5) is 0 Å². The standard InChI is InChI=1S/C10H16N4O2/c1-6-9(7(2)14-13-6)10(16)12-5-3-4-8(11)15/h3-5H2,1-2H3,(H2,11,15)(H,12,16)(H,13,14). The number of carbonyl (C=O) groups is 2. The SMILES string of the molecule is Cc1n[nH]c(C)c1C(=O)NCCCC(N)=O. The van der Waals surface area contributed by atoms with Crippen molar-refractivity contribution in [3.05, 3.63) is 17.0 Å². The van der Waals surface area contributed by atoms with Gasteiger partial charge in [0.25, 0.3) is 5.91 Å². The fraction of sp³-hybridized carbons (Fsp3) is 0.500. The number of aromatic amines is 1. The summed E-state index contributed by atoms with van der Waals surface area (Å²) in [5.41, 5.74) is 6.97. The maximum Gasteiger partial charge on any atom is 0.255 e. The van der Waals surface area contributed by atoms with Crippen molar-refractivity contribution in [2.24, 2.45) is 5.73 Å². The maximum atomic E-state index is 11.7. The first-order valence-electron chi connectivity index (χ1n) is 5.10. The lowest BCUT2D eigenvalue weighted by Gasteiger charge is -2.04. The Morgan fingerprint density at radius 1 is 1.44 bits per heavy atom. The fourth-order valence-corrected chi connectivity index (χ4v) is 1.44. The Morgan fingerprint density at radius 3 is 2.62 bits per heavy atom. The summed E-state index contributed by atoms with van der Waals surface area (Å²) < 4.78 is 0. The molecule has 0 bridgehead atoms. The molecule has 1 heterocycles. The highest BCUT2D eigenvalue weighted by Gasteiger charge is 2.14. The Bertz CT molecular complexity index is 378. The largest absolute Gasteiger partial charge is 0.370 e. The second-order valence-corrected chi connectivity index (χ2v) is 3.63. The first kappa shape index (κ1) is 12.2. The van der Waals surface area contributed by atoms with Gasteiger partial charge in [0.2, 0.25) is 5.91 Å². The summed E-state index contributed by atoms with van der Waals surface area (Å²) in [4.78, 5) is 22.2. The molecular weight excluding hydrogens is 208 g/mol. The third kappa shape index (κ3) is 3.08. The van der Waals surface area contributed by atoms with Crippen molar-refractivity contribution in [2.75, 3.05) is 6.54 Å². The molecule has 0 aliphatic carbocycles. The van der Waals surface area contributed by atoms with Crippen LogP contribution in [0.1, 0.15) is 34.6 Å². The molecular formula is C10H16N4O2. The van der Waals surface area contributed by atoms with Gasteiger partial charge in [0.1, 0.15) is 0 Å². The summed E-state index contributed by atoms with van der Waals surface area (Å²) in [5, 5.41) is 9.39. The van der Waals surface area contributed by atoms with E-state index in [9.17, 15) is 9.59 Å². The highest BCUT2D eigenvalue weighted by molar-refractivity contribution is 5.96. The number of nitrogens with zero attached hydrogens (tertiary/aromatic N) is 1. The minimum Gasteiger partial charge on any atom is -0.370 e. The number of primary amides is 1. The van der Waals surface area contributed by atoms with Crippen LogP contribution in [0, 0.1) is 13.8 Å². The molecule has 6 nitrogen and oxygen atoms in total. The highest BCUT2D eigenvalue weighted by Crippen LogP contribution is 2.08. The maximum absolute atomic E-state index is 11.7. The minimum atomic E-state index is -0.357. The summed E-state index contributed by atoms with van der Waals surface area (Å²) >= 11 is 0. The number of hydrogen-bond donors (Lipinski definition) is 3. The molecule has 0 saturated carbocycles. The van der Waals surface area contributed by atoms with Crippen LogP contribution >= 0.6 is 0 Å². The summed E-state index contributed by atoms with van der Waals surface area (Å²) in [5.74, 6) is -0.529. The van der Waals surface area contributed by atoms with E-state index in [0.717, 1.165) is 5.69 Å². The summed E-state index contributed by atoms with van der Waals surface area (Å²) in [6, 6.07) is 0. The lowest BCUT2D eigenvalue weighted by molar-refractivity contribution is -0.118. The molecule has 88 valence electrons. The smallest absolute Gasteiger partial charge is 0.255 e. The molecule has 0 fully saturated rings. The molecule has 6 heteroatoms. The van der Waals surface area contributed by atoms with E-state index in [1.165, 1.54) is 0 Å². The third-order valence-electron chi connectivity index (χ3n) is 2.24. The van der Waals surface area contributed by atoms with Crippen molar-refractivity contribution in [1.82, 2.24) is 15.5 Å². The lowest BCUT2D eigenvalue weighted by atomic mass is 10.2. The topological polar surface area (TPSA) is 101 Å². The van der Waals surface area contributed by atoms with Gasteiger partial charge in [-0.2, -0.15) is 5.10 Å². The first-order valence-corrected chi connectivity index (χ1v) is 5.10. The molecule has 1 aromatic rings. The van der Waals surface area contributed by atoms with Crippen LogP contribution < -0.4 is 11.1 Å². The molecule has 0 unspecified atom stereocenters. The Morgan fingerprint density at radius 2 is 2.12 bits per heavy atom. The van der Waals surface area contributed by atoms with E-state index >= 15 is 0 Å². The lowest BCUT2D eigenvalue weighted by Crippen LogP contribution is -2.26. The van der Waals surface area contributed by atoms with Crippen molar-refractivity contribution in [3.8, 4) is 0 Å². The van der Waals surface area contributed by atoms with Crippen molar-refractivity contribution < 1.29 is 9.59 Å². The van der Waals surface area contributed by atoms with Crippen molar-refractivity contribution in [3.63, 3.8) is 0 Å². The van der Waals surface area contributed by atoms with Crippen LogP contribution in [0.15, 0.2) is 0 Å². The number of aryl methyl sites for hydroxylation is 2. The number of amides is 2. The molecule has 2 amide bonds. The monoisotopic (exact) mass is 224 g/mol. The Kier molecular flexibility index (Phi) is 4.04. The molecule has 16 heavy (non-hydrogen) atoms. The quantitative estimate of drug-likeness (QED) is 0.614. The molecule has 1 aromatic heterocycles. The van der Waals surface area contributed by atoms with Crippen LogP contribution in [-0.2, 0) is 4.79 Å². The van der Waals surface area contributed by atoms with Crippen LogP contribution in [0.3, 0.4) is 0 Å². The summed E-state index contributed by atoms with van der Waals surface area (Å²) in [6.07, 6.45) is 0.834. The zero-order chi connectivity index (χ0) is 12.1. The molecule has 0 atom stereocenters. The van der Waals surface area contributed by atoms with E-state index in [2.05, 4.69) is 15.5 Å². The third-order valence-corrected chi connectivity index (χ3v) is 2.24. The van der Waals surface area contributed by atoms with Gasteiger partial charge < -0.3 is 11.1 Å². The predicted molar refractivity (Wildman–Crippen MR) is 58.8 cm³/mol. The molecule has 0 saturated heterocycles. The van der Waals surface area contributed by atoms with Gasteiger partial charge >= 0.3 is 0 Å². The van der Waals surface area contributed by atoms with Gasteiger partial charge in [0, 0.05) is 18.7 Å². The van der Waals surface area contributed by atoms with Gasteiger partial charge in [-0.05, 0) is 20.3 Å². The molecule has 0 aromatic carbocycles. The molecule has 1 rings (SSSR count). The first-order chi connectivity index (χ1) is 7.52. The Balaban J connectivity index is 2.44. The Hall–Kier alpha value is -1.85. The van der Waals surface area contributed by atoms with Crippen LogP contribution in [0.5, 0.6) is 0 Å². The number of aromatic nitrogens is 2. The molecule has 0 aliphatic heterocycles. The van der Waals surface area contributed by atoms with Crippen molar-refractivity contribution in [2.45, 2.75) is 26.7 Å². The van der Waals surface area contributed by atoms with Crippen molar-refractivity contribution >= 4 is 11.8 Å². The average Bonchev–Trinajstić information content (AvgIpc) is 2.53. The van der Waals surface area contributed by atoms with Gasteiger partial charge in [0.05, 0.1) is 11.3 Å². The highest BCUT2D eigenvalue weighted by atomic mass is 16.2. The number of carbonyl (C=O) groups excluding carboxylic acids is 2. The zero-order valence-electron chi connectivity index (χ0n) is 9.46.